The van der Waals surface area contributed by atoms with Crippen molar-refractivity contribution in [2.45, 2.75) is 155 Å². The van der Waals surface area contributed by atoms with E-state index in [0.717, 1.165) is 61.2 Å². The quantitative estimate of drug-likeness (QED) is 0.105. The van der Waals surface area contributed by atoms with Crippen molar-refractivity contribution < 1.29 is 49.0 Å². The minimum atomic E-state index is -1.19. The van der Waals surface area contributed by atoms with Crippen LogP contribution in [0.3, 0.4) is 0 Å². The molecule has 2 aromatic carbocycles. The van der Waals surface area contributed by atoms with Gasteiger partial charge in [-0.2, -0.15) is 5.10 Å². The molecule has 0 bridgehead atoms. The Bertz CT molecular complexity index is 2750. The minimum absolute atomic E-state index is 0.0431. The fraction of sp³-hybridized carbons (Fsp3) is 0.613. The highest BCUT2D eigenvalue weighted by atomic mass is 16.7. The zero-order chi connectivity index (χ0) is 54.5. The highest BCUT2D eigenvalue weighted by molar-refractivity contribution is 6.07. The maximum Gasteiger partial charge on any atom is 0.193 e. The average molecular weight is 1040 g/mol. The van der Waals surface area contributed by atoms with Crippen molar-refractivity contribution in [3.05, 3.63) is 107 Å². The van der Waals surface area contributed by atoms with Gasteiger partial charge in [-0.1, -0.05) is 86.4 Å². The van der Waals surface area contributed by atoms with Gasteiger partial charge >= 0.3 is 0 Å². The Balaban J connectivity index is 0.000000152. The second-order valence-electron chi connectivity index (χ2n) is 25.0. The molecule has 14 nitrogen and oxygen atoms in total. The first-order valence-electron chi connectivity index (χ1n) is 27.8. The monoisotopic (exact) mass is 1040 g/mol. The maximum atomic E-state index is 13.2. The number of allylic oxidation sites excluding steroid dienone is 8. The van der Waals surface area contributed by atoms with Crippen molar-refractivity contribution in [3.63, 3.8) is 0 Å². The average Bonchev–Trinajstić information content (AvgIpc) is 4.10. The normalized spacial score (nSPS) is 43.7. The summed E-state index contributed by atoms with van der Waals surface area (Å²) in [6, 6.07) is 16.0. The van der Waals surface area contributed by atoms with E-state index in [9.17, 15) is 30.0 Å². The molecule has 6 N–H and O–H groups in total. The number of hydrogen-bond acceptors (Lipinski definition) is 14. The first-order valence-corrected chi connectivity index (χ1v) is 27.8. The summed E-state index contributed by atoms with van der Waals surface area (Å²) in [5.74, 6) is 0.760. The smallest absolute Gasteiger partial charge is 0.193 e. The van der Waals surface area contributed by atoms with E-state index in [1.807, 2.05) is 77.3 Å². The van der Waals surface area contributed by atoms with Gasteiger partial charge in [0.25, 0.3) is 0 Å². The fourth-order valence-electron chi connectivity index (χ4n) is 17.5. The van der Waals surface area contributed by atoms with E-state index in [1.165, 1.54) is 16.7 Å². The van der Waals surface area contributed by atoms with Crippen LogP contribution in [-0.2, 0) is 28.5 Å². The van der Waals surface area contributed by atoms with Crippen molar-refractivity contribution >= 4 is 34.4 Å². The summed E-state index contributed by atoms with van der Waals surface area (Å²) in [6.45, 7) is 15.7. The van der Waals surface area contributed by atoms with Crippen LogP contribution in [0.1, 0.15) is 104 Å². The lowest BCUT2D eigenvalue weighted by Crippen LogP contribution is -2.63. The lowest BCUT2D eigenvalue weighted by atomic mass is 9.46. The van der Waals surface area contributed by atoms with E-state index in [2.05, 4.69) is 70.1 Å². The van der Waals surface area contributed by atoms with Crippen LogP contribution in [0, 0.1) is 71.0 Å². The predicted octanol–water partition coefficient (Wildman–Crippen LogP) is 8.31. The van der Waals surface area contributed by atoms with Crippen LogP contribution in [0.5, 0.6) is 0 Å². The highest BCUT2D eigenvalue weighted by Crippen LogP contribution is 2.71. The molecule has 2 unspecified atom stereocenters. The van der Waals surface area contributed by atoms with Crippen LogP contribution >= 0.6 is 0 Å². The van der Waals surface area contributed by atoms with Gasteiger partial charge in [0, 0.05) is 53.3 Å². The van der Waals surface area contributed by atoms with E-state index in [4.69, 9.17) is 29.7 Å². The number of hydrogen-bond donors (Lipinski definition) is 5. The Labute approximate surface area is 449 Å². The molecule has 76 heavy (non-hydrogen) atoms. The standard InChI is InChI=1S/C30H37NO5.C25H36N2O5.C7H9N/c1-17-5-8-20(9-6-17)31-21-11-12-28(3)19(13-21)7-10-22-23-14-26-30(25(34)16-32,36-18(2)35-26)29(23,4)15-24(33)27(22)28;1-14-31-21-11-18-17-7-6-15-10-16(29)8-9-23(15,2)22(17)19(30)12-24(18,3)25(21,32-14)20(13-28)26-27(4)5;1-6-2-4-7(8)5-3-6/h5-6,8-9,11-13,18,22-24,26-27,32-33H,7,10,14-16H2,1-4H3;8-10,14,17-19,21-22,28,30H,6-7,11-13H2,1-5H3;2-5H,8H2,1H3/b;26-20-;/t18?,22-,23-,24-,26+,27+,28-,29-,30+;14?,17-,18-,19-,21+,22+,23-,24-,25+;/m00./s1. The summed E-state index contributed by atoms with van der Waals surface area (Å²) in [4.78, 5) is 30.1. The van der Waals surface area contributed by atoms with E-state index in [0.29, 0.717) is 18.6 Å². The number of ketones is 2. The number of Topliss-reactive ketones (excluding diaryl/α,β-unsaturated/α-hetero) is 1. The zero-order valence-corrected chi connectivity index (χ0v) is 46.2. The van der Waals surface area contributed by atoms with Crippen LogP contribution in [0.25, 0.3) is 0 Å². The Morgan fingerprint density at radius 1 is 0.711 bits per heavy atom. The molecule has 6 saturated carbocycles. The van der Waals surface area contributed by atoms with E-state index < -0.39 is 53.4 Å². The zero-order valence-electron chi connectivity index (χ0n) is 46.2. The van der Waals surface area contributed by atoms with E-state index >= 15 is 0 Å². The van der Waals surface area contributed by atoms with Gasteiger partial charge in [-0.25, -0.2) is 4.99 Å². The topological polar surface area (TPSA) is 206 Å². The van der Waals surface area contributed by atoms with Crippen LogP contribution in [-0.4, -0.2) is 124 Å². The second-order valence-corrected chi connectivity index (χ2v) is 25.0. The molecule has 0 aromatic heterocycles. The first-order chi connectivity index (χ1) is 36.0. The summed E-state index contributed by atoms with van der Waals surface area (Å²) < 4.78 is 25.2. The van der Waals surface area contributed by atoms with E-state index in [1.54, 1.807) is 17.2 Å². The number of benzene rings is 2. The molecule has 0 radical (unpaired) electrons. The van der Waals surface area contributed by atoms with Gasteiger partial charge in [0.2, 0.25) is 0 Å². The molecule has 2 saturated heterocycles. The van der Waals surface area contributed by atoms with Crippen molar-refractivity contribution in [2.24, 2.45) is 67.3 Å². The number of nitrogen functional groups attached to an aromatic ring is 1. The van der Waals surface area contributed by atoms with Crippen LogP contribution < -0.4 is 5.73 Å². The summed E-state index contributed by atoms with van der Waals surface area (Å²) in [5, 5.41) is 50.0. The third kappa shape index (κ3) is 8.49. The van der Waals surface area contributed by atoms with Gasteiger partial charge in [0.05, 0.1) is 48.1 Å². The van der Waals surface area contributed by atoms with Gasteiger partial charge in [-0.3, -0.25) is 9.59 Å². The molecule has 14 heteroatoms. The molecule has 0 amide bonds. The Morgan fingerprint density at radius 3 is 1.71 bits per heavy atom. The number of aryl methyl sites for hydroxylation is 2. The lowest BCUT2D eigenvalue weighted by molar-refractivity contribution is -0.196. The molecule has 2 heterocycles. The number of carbonyl (C=O) groups is 2. The molecular weight excluding hydrogens is 961 g/mol. The molecular formula is C62H82N4O10. The number of ether oxygens (including phenoxy) is 4. The molecule has 2 aromatic rings. The number of aliphatic hydroxyl groups is 4. The van der Waals surface area contributed by atoms with Crippen LogP contribution in [0.15, 0.2) is 106 Å². The molecule has 18 atom stereocenters. The summed E-state index contributed by atoms with van der Waals surface area (Å²) in [7, 11) is 3.68. The SMILES string of the molecule is CC1O[C@@H]2C[C@H]3[C@@H]4CCC5=CC(=O)C=C[C@]5(C)[C@H]4[C@@H](O)C[C@]3(C)[C@]2(/C(CO)=N\N(C)C)O1.Cc1ccc(N)cc1.Cc1ccc(N=C2C=C[C@@]3(C)C(=C2)CC[C@@H]2[C@@H]3[C@@H](O)C[C@@]3(C)[C@H]2C[C@H]2OC(C)O[C@]23C(=O)CO)cc1. The predicted molar refractivity (Wildman–Crippen MR) is 292 cm³/mol. The molecule has 2 aliphatic heterocycles. The lowest BCUT2D eigenvalue weighted by Gasteiger charge is -2.60. The Morgan fingerprint density at radius 2 is 1.20 bits per heavy atom. The number of nitrogens with zero attached hydrogens (tertiary/aromatic N) is 3. The summed E-state index contributed by atoms with van der Waals surface area (Å²) in [6.07, 6.45) is 15.6. The number of rotatable bonds is 6. The summed E-state index contributed by atoms with van der Waals surface area (Å²) in [5.41, 5.74) is 10.0. The number of anilines is 1. The van der Waals surface area contributed by atoms with Gasteiger partial charge in [0.1, 0.15) is 12.2 Å². The van der Waals surface area contributed by atoms with Crippen molar-refractivity contribution in [2.75, 3.05) is 33.0 Å². The third-order valence-corrected chi connectivity index (χ3v) is 20.6. The maximum absolute atomic E-state index is 13.2. The number of hydrazone groups is 1. The van der Waals surface area contributed by atoms with Gasteiger partial charge < -0.3 is 50.1 Å². The Kier molecular flexibility index (Phi) is 14.3. The molecule has 8 aliphatic carbocycles. The number of carbonyl (C=O) groups excluding carboxylic acids is 2. The molecule has 410 valence electrons. The second kappa shape index (κ2) is 19.9. The van der Waals surface area contributed by atoms with Crippen molar-refractivity contribution in [1.82, 2.24) is 5.01 Å². The third-order valence-electron chi connectivity index (χ3n) is 20.6. The van der Waals surface area contributed by atoms with Crippen LogP contribution in [0.4, 0.5) is 11.4 Å². The Hall–Kier alpha value is -4.64. The summed E-state index contributed by atoms with van der Waals surface area (Å²) >= 11 is 0. The molecule has 12 rings (SSSR count). The highest BCUT2D eigenvalue weighted by Gasteiger charge is 2.77. The van der Waals surface area contributed by atoms with Crippen LogP contribution in [0.2, 0.25) is 0 Å². The fourth-order valence-corrected chi connectivity index (χ4v) is 17.5. The molecule has 8 fully saturated rings. The largest absolute Gasteiger partial charge is 0.399 e. The first kappa shape index (κ1) is 54.7. The number of fused-ring (bicyclic) bond motifs is 14. The van der Waals surface area contributed by atoms with Gasteiger partial charge in [-0.15, -0.1) is 0 Å². The number of aliphatic hydroxyl groups excluding tert-OH is 4. The number of aliphatic imine (C=N–C) groups is 1. The van der Waals surface area contributed by atoms with Crippen molar-refractivity contribution in [3.8, 4) is 0 Å². The van der Waals surface area contributed by atoms with Gasteiger partial charge in [0.15, 0.2) is 29.7 Å². The van der Waals surface area contributed by atoms with Gasteiger partial charge in [-0.05, 0) is 151 Å². The van der Waals surface area contributed by atoms with E-state index in [-0.39, 0.29) is 76.7 Å². The minimum Gasteiger partial charge on any atom is -0.399 e. The molecule has 10 aliphatic rings. The van der Waals surface area contributed by atoms with Crippen molar-refractivity contribution in [1.29, 1.82) is 0 Å². The molecule has 0 spiro atoms. The number of nitrogens with two attached hydrogens (primary N) is 1.